The number of ether oxygens (including phenoxy) is 5. The minimum absolute atomic E-state index is 0.0212. The van der Waals surface area contributed by atoms with Gasteiger partial charge in [-0.25, -0.2) is 0 Å². The fourth-order valence-electron chi connectivity index (χ4n) is 5.87. The van der Waals surface area contributed by atoms with Gasteiger partial charge < -0.3 is 23.7 Å². The first kappa shape index (κ1) is 34.6. The lowest BCUT2D eigenvalue weighted by Gasteiger charge is -2.38. The van der Waals surface area contributed by atoms with Crippen LogP contribution in [0.15, 0.2) is 72.8 Å². The predicted octanol–water partition coefficient (Wildman–Crippen LogP) is 9.09. The molecule has 8 heteroatoms. The van der Waals surface area contributed by atoms with Gasteiger partial charge in [-0.2, -0.15) is 13.2 Å². The van der Waals surface area contributed by atoms with Crippen molar-refractivity contribution in [3.63, 3.8) is 0 Å². The van der Waals surface area contributed by atoms with Crippen LogP contribution in [0.2, 0.25) is 0 Å². The maximum atomic E-state index is 13.1. The highest BCUT2D eigenvalue weighted by atomic mass is 19.4. The SMILES string of the molecule is CC(C)(C)O[C@@H]1CC[C@@H](OCc2ccccc2)[C@@H](CC/C=C/CC[C@H]2O[C@H](CC(F)(F)F)CC[C@@H]2OCc2ccccc2)O1. The van der Waals surface area contributed by atoms with Crippen LogP contribution in [0.5, 0.6) is 0 Å². The first-order valence-electron chi connectivity index (χ1n) is 16.1. The van der Waals surface area contributed by atoms with E-state index < -0.39 is 18.7 Å². The topological polar surface area (TPSA) is 46.2 Å². The van der Waals surface area contributed by atoms with E-state index in [9.17, 15) is 13.2 Å². The Morgan fingerprint density at radius 3 is 1.70 bits per heavy atom. The molecule has 5 nitrogen and oxygen atoms in total. The third-order valence-electron chi connectivity index (χ3n) is 7.94. The molecule has 244 valence electrons. The first-order valence-corrected chi connectivity index (χ1v) is 16.1. The number of hydrogen-bond donors (Lipinski definition) is 0. The van der Waals surface area contributed by atoms with Gasteiger partial charge in [0, 0.05) is 6.42 Å². The minimum atomic E-state index is -4.24. The third-order valence-corrected chi connectivity index (χ3v) is 7.94. The molecule has 0 amide bonds. The monoisotopic (exact) mass is 618 g/mol. The highest BCUT2D eigenvalue weighted by Crippen LogP contribution is 2.33. The second-order valence-corrected chi connectivity index (χ2v) is 12.9. The largest absolute Gasteiger partial charge is 0.391 e. The number of halogens is 3. The Kier molecular flexibility index (Phi) is 13.3. The van der Waals surface area contributed by atoms with Crippen molar-refractivity contribution in [2.24, 2.45) is 0 Å². The zero-order valence-electron chi connectivity index (χ0n) is 26.3. The van der Waals surface area contributed by atoms with Gasteiger partial charge in [0.25, 0.3) is 0 Å². The number of hydrogen-bond acceptors (Lipinski definition) is 5. The van der Waals surface area contributed by atoms with E-state index in [0.29, 0.717) is 38.9 Å². The summed E-state index contributed by atoms with van der Waals surface area (Å²) in [6.45, 7) is 7.05. The summed E-state index contributed by atoms with van der Waals surface area (Å²) < 4.78 is 70.2. The number of allylic oxidation sites excluding steroid dienone is 2. The molecule has 44 heavy (non-hydrogen) atoms. The molecule has 0 aromatic heterocycles. The van der Waals surface area contributed by atoms with Crippen LogP contribution >= 0.6 is 0 Å². The molecule has 0 saturated carbocycles. The summed E-state index contributed by atoms with van der Waals surface area (Å²) in [5.74, 6) is 0. The van der Waals surface area contributed by atoms with Crippen molar-refractivity contribution in [1.29, 1.82) is 0 Å². The molecule has 2 aliphatic rings. The van der Waals surface area contributed by atoms with Crippen molar-refractivity contribution < 1.29 is 36.9 Å². The first-order chi connectivity index (χ1) is 21.0. The molecule has 2 aromatic carbocycles. The van der Waals surface area contributed by atoms with Gasteiger partial charge in [-0.1, -0.05) is 72.8 Å². The van der Waals surface area contributed by atoms with Gasteiger partial charge in [0.15, 0.2) is 6.29 Å². The Morgan fingerprint density at radius 1 is 0.705 bits per heavy atom. The van der Waals surface area contributed by atoms with E-state index in [-0.39, 0.29) is 36.3 Å². The summed E-state index contributed by atoms with van der Waals surface area (Å²) in [6, 6.07) is 20.0. The van der Waals surface area contributed by atoms with Crippen LogP contribution in [0.25, 0.3) is 0 Å². The van der Waals surface area contributed by atoms with Gasteiger partial charge in [-0.05, 0) is 76.8 Å². The third kappa shape index (κ3) is 12.6. The molecule has 0 aliphatic carbocycles. The molecule has 6 atom stereocenters. The molecule has 2 heterocycles. The second-order valence-electron chi connectivity index (χ2n) is 12.9. The van der Waals surface area contributed by atoms with Crippen molar-refractivity contribution in [2.75, 3.05) is 0 Å². The van der Waals surface area contributed by atoms with Crippen molar-refractivity contribution in [1.82, 2.24) is 0 Å². The molecule has 2 aromatic rings. The van der Waals surface area contributed by atoms with E-state index >= 15 is 0 Å². The zero-order chi connectivity index (χ0) is 31.4. The zero-order valence-corrected chi connectivity index (χ0v) is 26.3. The van der Waals surface area contributed by atoms with Crippen molar-refractivity contribution in [2.45, 2.75) is 140 Å². The van der Waals surface area contributed by atoms with Crippen LogP contribution in [-0.4, -0.2) is 48.6 Å². The average Bonchev–Trinajstić information content (AvgIpc) is 2.97. The number of rotatable bonds is 14. The lowest BCUT2D eigenvalue weighted by molar-refractivity contribution is -0.261. The van der Waals surface area contributed by atoms with E-state index in [4.69, 9.17) is 23.7 Å². The van der Waals surface area contributed by atoms with Crippen LogP contribution in [-0.2, 0) is 36.9 Å². The van der Waals surface area contributed by atoms with Crippen LogP contribution in [0, 0.1) is 0 Å². The lowest BCUT2D eigenvalue weighted by atomic mass is 9.95. The van der Waals surface area contributed by atoms with Crippen LogP contribution < -0.4 is 0 Å². The minimum Gasteiger partial charge on any atom is -0.372 e. The maximum Gasteiger partial charge on any atom is 0.391 e. The van der Waals surface area contributed by atoms with Gasteiger partial charge in [0.05, 0.1) is 55.8 Å². The summed E-state index contributed by atoms with van der Waals surface area (Å²) in [7, 11) is 0. The molecular formula is C36H49F3O5. The Bertz CT molecular complexity index is 1010. The van der Waals surface area contributed by atoms with Gasteiger partial charge >= 0.3 is 6.18 Å². The Labute approximate surface area is 261 Å². The predicted molar refractivity (Wildman–Crippen MR) is 165 cm³/mol. The molecule has 0 unspecified atom stereocenters. The van der Waals surface area contributed by atoms with Crippen LogP contribution in [0.3, 0.4) is 0 Å². The Balaban J connectivity index is 1.28. The molecule has 2 fully saturated rings. The van der Waals surface area contributed by atoms with Gasteiger partial charge in [0.2, 0.25) is 0 Å². The normalized spacial score (nSPS) is 26.7. The lowest BCUT2D eigenvalue weighted by Crippen LogP contribution is -2.43. The molecule has 0 N–H and O–H groups in total. The number of benzene rings is 2. The van der Waals surface area contributed by atoms with E-state index in [0.717, 1.165) is 36.8 Å². The fraction of sp³-hybridized carbons (Fsp3) is 0.611. The molecule has 0 bridgehead atoms. The summed E-state index contributed by atoms with van der Waals surface area (Å²) in [4.78, 5) is 0. The molecule has 2 aliphatic heterocycles. The van der Waals surface area contributed by atoms with E-state index in [2.05, 4.69) is 24.3 Å². The molecule has 0 spiro atoms. The summed E-state index contributed by atoms with van der Waals surface area (Å²) in [5, 5.41) is 0. The van der Waals surface area contributed by atoms with Gasteiger partial charge in [-0.3, -0.25) is 0 Å². The summed E-state index contributed by atoms with van der Waals surface area (Å²) in [5.41, 5.74) is 1.87. The van der Waals surface area contributed by atoms with E-state index in [1.807, 2.05) is 69.3 Å². The smallest absolute Gasteiger partial charge is 0.372 e. The van der Waals surface area contributed by atoms with Gasteiger partial charge in [0.1, 0.15) is 0 Å². The van der Waals surface area contributed by atoms with Crippen LogP contribution in [0.1, 0.15) is 89.7 Å². The maximum absolute atomic E-state index is 13.1. The van der Waals surface area contributed by atoms with Gasteiger partial charge in [-0.15, -0.1) is 0 Å². The average molecular weight is 619 g/mol. The molecule has 4 rings (SSSR count). The summed E-state index contributed by atoms with van der Waals surface area (Å²) in [6.07, 6.45) is 2.71. The fourth-order valence-corrected chi connectivity index (χ4v) is 5.87. The van der Waals surface area contributed by atoms with E-state index in [1.165, 1.54) is 0 Å². The molecule has 2 saturated heterocycles. The van der Waals surface area contributed by atoms with Crippen molar-refractivity contribution in [3.8, 4) is 0 Å². The Morgan fingerprint density at radius 2 is 1.20 bits per heavy atom. The molecule has 0 radical (unpaired) electrons. The van der Waals surface area contributed by atoms with Crippen molar-refractivity contribution >= 4 is 0 Å². The highest BCUT2D eigenvalue weighted by Gasteiger charge is 2.38. The molecular weight excluding hydrogens is 569 g/mol. The summed E-state index contributed by atoms with van der Waals surface area (Å²) >= 11 is 0. The van der Waals surface area contributed by atoms with Crippen LogP contribution in [0.4, 0.5) is 13.2 Å². The Hall–Kier alpha value is -2.23. The van der Waals surface area contributed by atoms with Crippen molar-refractivity contribution in [3.05, 3.63) is 83.9 Å². The quantitative estimate of drug-likeness (QED) is 0.198. The number of alkyl halides is 3. The van der Waals surface area contributed by atoms with E-state index in [1.54, 1.807) is 0 Å². The standard InChI is InChI=1S/C36H49F3O5/c1-35(2,3)44-34-23-22-31(41-26-28-16-10-7-11-17-28)33(43-34)19-13-5-4-12-18-32-30(40-25-27-14-8-6-9-15-27)21-20-29(42-32)24-36(37,38)39/h4-11,14-17,29-34H,12-13,18-26H2,1-3H3/b5-4+/t29-,30-,31+,32+,33+,34+/m0/s1. The highest BCUT2D eigenvalue weighted by molar-refractivity contribution is 5.14. The second kappa shape index (κ2) is 16.9.